The Labute approximate surface area is 152 Å². The van der Waals surface area contributed by atoms with Gasteiger partial charge in [0.15, 0.2) is 0 Å². The normalized spacial score (nSPS) is 15.8. The van der Waals surface area contributed by atoms with Crippen LogP contribution in [0.2, 0.25) is 0 Å². The minimum Gasteiger partial charge on any atom is -0.444 e. The fourth-order valence-electron chi connectivity index (χ4n) is 2.84. The van der Waals surface area contributed by atoms with Gasteiger partial charge in [-0.2, -0.15) is 8.78 Å². The lowest BCUT2D eigenvalue weighted by Gasteiger charge is -2.33. The Morgan fingerprint density at radius 1 is 1.15 bits per heavy atom. The Bertz CT molecular complexity index is 617. The molecular formula is C19H25F2NO4. The Morgan fingerprint density at radius 2 is 1.73 bits per heavy atom. The van der Waals surface area contributed by atoms with Crippen LogP contribution >= 0.6 is 0 Å². The van der Waals surface area contributed by atoms with E-state index in [-0.39, 0.29) is 30.0 Å². The second-order valence-electron chi connectivity index (χ2n) is 7.41. The number of hydrogen-bond donors (Lipinski definition) is 0. The minimum atomic E-state index is -2.86. The van der Waals surface area contributed by atoms with Crippen molar-refractivity contribution in [3.8, 4) is 5.75 Å². The number of ketones is 1. The first-order valence-electron chi connectivity index (χ1n) is 8.68. The molecule has 0 radical (unpaired) electrons. The Kier molecular flexibility index (Phi) is 6.56. The average molecular weight is 369 g/mol. The molecule has 2 rings (SSSR count). The van der Waals surface area contributed by atoms with Gasteiger partial charge in [-0.25, -0.2) is 4.79 Å². The summed E-state index contributed by atoms with van der Waals surface area (Å²) in [6.07, 6.45) is 1.10. The van der Waals surface area contributed by atoms with Crippen LogP contribution in [0.1, 0.15) is 39.2 Å². The van der Waals surface area contributed by atoms with Crippen LogP contribution in [0.15, 0.2) is 24.3 Å². The van der Waals surface area contributed by atoms with Crippen LogP contribution in [0.3, 0.4) is 0 Å². The molecule has 0 bridgehead atoms. The van der Waals surface area contributed by atoms with Crippen LogP contribution in [0, 0.1) is 5.92 Å². The van der Waals surface area contributed by atoms with Gasteiger partial charge in [0.2, 0.25) is 0 Å². The molecule has 1 aliphatic rings. The first-order chi connectivity index (χ1) is 12.1. The SMILES string of the molecule is CC(C)(C)OC(=O)N1CCC(C(=O)Cc2ccc(OC(F)F)cc2)CC1. The van der Waals surface area contributed by atoms with Crippen LogP contribution in [0.4, 0.5) is 13.6 Å². The Balaban J connectivity index is 1.82. The fourth-order valence-corrected chi connectivity index (χ4v) is 2.84. The smallest absolute Gasteiger partial charge is 0.410 e. The molecule has 0 atom stereocenters. The topological polar surface area (TPSA) is 55.8 Å². The maximum atomic E-state index is 12.4. The summed E-state index contributed by atoms with van der Waals surface area (Å²) >= 11 is 0. The lowest BCUT2D eigenvalue weighted by molar-refractivity contribution is -0.123. The summed E-state index contributed by atoms with van der Waals surface area (Å²) in [6, 6.07) is 6.09. The van der Waals surface area contributed by atoms with Crippen LogP contribution in [-0.2, 0) is 16.0 Å². The molecule has 1 aromatic carbocycles. The van der Waals surface area contributed by atoms with E-state index < -0.39 is 12.2 Å². The van der Waals surface area contributed by atoms with Crippen LogP contribution in [0.25, 0.3) is 0 Å². The number of nitrogens with zero attached hydrogens (tertiary/aromatic N) is 1. The number of ether oxygens (including phenoxy) is 2. The van der Waals surface area contributed by atoms with E-state index in [1.807, 2.05) is 20.8 Å². The molecule has 1 fully saturated rings. The maximum absolute atomic E-state index is 12.4. The molecule has 1 aromatic rings. The van der Waals surface area contributed by atoms with Crippen molar-refractivity contribution < 1.29 is 27.8 Å². The standard InChI is InChI=1S/C19H25F2NO4/c1-19(2,3)26-18(24)22-10-8-14(9-11-22)16(23)12-13-4-6-15(7-5-13)25-17(20)21/h4-7,14,17H,8-12H2,1-3H3. The fraction of sp³-hybridized carbons (Fsp3) is 0.579. The van der Waals surface area contributed by atoms with Crippen molar-refractivity contribution in [2.24, 2.45) is 5.92 Å². The van der Waals surface area contributed by atoms with Gasteiger partial charge in [-0.05, 0) is 51.3 Å². The van der Waals surface area contributed by atoms with Gasteiger partial charge in [0, 0.05) is 25.4 Å². The van der Waals surface area contributed by atoms with E-state index >= 15 is 0 Å². The Hall–Kier alpha value is -2.18. The first-order valence-corrected chi connectivity index (χ1v) is 8.68. The van der Waals surface area contributed by atoms with E-state index in [1.165, 1.54) is 12.1 Å². The second-order valence-corrected chi connectivity index (χ2v) is 7.41. The zero-order chi connectivity index (χ0) is 19.3. The predicted molar refractivity (Wildman–Crippen MR) is 92.3 cm³/mol. The maximum Gasteiger partial charge on any atom is 0.410 e. The molecule has 0 unspecified atom stereocenters. The number of amides is 1. The molecule has 144 valence electrons. The highest BCUT2D eigenvalue weighted by molar-refractivity contribution is 5.83. The molecule has 7 heteroatoms. The molecule has 1 aliphatic heterocycles. The van der Waals surface area contributed by atoms with Crippen LogP contribution < -0.4 is 4.74 Å². The minimum absolute atomic E-state index is 0.0712. The van der Waals surface area contributed by atoms with Gasteiger partial charge in [-0.3, -0.25) is 4.79 Å². The highest BCUT2D eigenvalue weighted by atomic mass is 19.3. The number of rotatable bonds is 5. The quantitative estimate of drug-likeness (QED) is 0.786. The number of likely N-dealkylation sites (tertiary alicyclic amines) is 1. The third-order valence-electron chi connectivity index (χ3n) is 4.13. The third kappa shape index (κ3) is 6.28. The summed E-state index contributed by atoms with van der Waals surface area (Å²) in [7, 11) is 0. The summed E-state index contributed by atoms with van der Waals surface area (Å²) in [5.41, 5.74) is 0.218. The van der Waals surface area contributed by atoms with Gasteiger partial charge in [-0.1, -0.05) is 12.1 Å². The summed E-state index contributed by atoms with van der Waals surface area (Å²) in [6.45, 7) is 3.58. The number of Topliss-reactive ketones (excluding diaryl/α,β-unsaturated/α-hetero) is 1. The van der Waals surface area contributed by atoms with Gasteiger partial charge in [0.25, 0.3) is 0 Å². The second kappa shape index (κ2) is 8.47. The summed E-state index contributed by atoms with van der Waals surface area (Å²) in [5, 5.41) is 0. The van der Waals surface area contributed by atoms with Crippen LogP contribution in [0.5, 0.6) is 5.75 Å². The summed E-state index contributed by atoms with van der Waals surface area (Å²) in [4.78, 5) is 26.1. The van der Waals surface area contributed by atoms with Gasteiger partial charge in [0.1, 0.15) is 17.1 Å². The van der Waals surface area contributed by atoms with Gasteiger partial charge >= 0.3 is 12.7 Å². The van der Waals surface area contributed by atoms with Crippen molar-refractivity contribution >= 4 is 11.9 Å². The summed E-state index contributed by atoms with van der Waals surface area (Å²) in [5.74, 6) is 0.0592. The lowest BCUT2D eigenvalue weighted by Crippen LogP contribution is -2.43. The molecule has 0 saturated carbocycles. The van der Waals surface area contributed by atoms with E-state index in [1.54, 1.807) is 17.0 Å². The van der Waals surface area contributed by atoms with E-state index in [9.17, 15) is 18.4 Å². The number of halogens is 2. The molecule has 0 spiro atoms. The lowest BCUT2D eigenvalue weighted by atomic mass is 9.89. The molecule has 26 heavy (non-hydrogen) atoms. The predicted octanol–water partition coefficient (Wildman–Crippen LogP) is 4.05. The van der Waals surface area contributed by atoms with Gasteiger partial charge in [-0.15, -0.1) is 0 Å². The van der Waals surface area contributed by atoms with Crippen molar-refractivity contribution in [3.63, 3.8) is 0 Å². The highest BCUT2D eigenvalue weighted by Crippen LogP contribution is 2.23. The monoisotopic (exact) mass is 369 g/mol. The van der Waals surface area contributed by atoms with Crippen molar-refractivity contribution in [2.45, 2.75) is 52.2 Å². The van der Waals surface area contributed by atoms with Crippen LogP contribution in [-0.4, -0.2) is 42.1 Å². The molecule has 0 aliphatic carbocycles. The summed E-state index contributed by atoms with van der Waals surface area (Å²) < 4.78 is 33.9. The van der Waals surface area contributed by atoms with E-state index in [2.05, 4.69) is 4.74 Å². The number of carbonyl (C=O) groups excluding carboxylic acids is 2. The van der Waals surface area contributed by atoms with E-state index in [4.69, 9.17) is 4.74 Å². The highest BCUT2D eigenvalue weighted by Gasteiger charge is 2.29. The van der Waals surface area contributed by atoms with E-state index in [0.29, 0.717) is 25.9 Å². The number of piperidine rings is 1. The first kappa shape index (κ1) is 20.1. The number of carbonyl (C=O) groups is 2. The number of alkyl halides is 2. The Morgan fingerprint density at radius 3 is 2.23 bits per heavy atom. The molecule has 1 saturated heterocycles. The van der Waals surface area contributed by atoms with Gasteiger partial charge < -0.3 is 14.4 Å². The van der Waals surface area contributed by atoms with Crippen molar-refractivity contribution in [1.82, 2.24) is 4.90 Å². The van der Waals surface area contributed by atoms with Gasteiger partial charge in [0.05, 0.1) is 0 Å². The third-order valence-corrected chi connectivity index (χ3v) is 4.13. The molecule has 0 N–H and O–H groups in total. The largest absolute Gasteiger partial charge is 0.444 e. The number of benzene rings is 1. The van der Waals surface area contributed by atoms with Crippen molar-refractivity contribution in [2.75, 3.05) is 13.1 Å². The molecular weight excluding hydrogens is 344 g/mol. The average Bonchev–Trinajstić information content (AvgIpc) is 2.55. The number of hydrogen-bond acceptors (Lipinski definition) is 4. The zero-order valence-electron chi connectivity index (χ0n) is 15.3. The zero-order valence-corrected chi connectivity index (χ0v) is 15.3. The molecule has 1 heterocycles. The molecule has 0 aromatic heterocycles. The van der Waals surface area contributed by atoms with Crippen molar-refractivity contribution in [3.05, 3.63) is 29.8 Å². The van der Waals surface area contributed by atoms with E-state index in [0.717, 1.165) is 5.56 Å². The van der Waals surface area contributed by atoms with Crippen molar-refractivity contribution in [1.29, 1.82) is 0 Å². The molecule has 1 amide bonds. The molecule has 5 nitrogen and oxygen atoms in total.